The van der Waals surface area contributed by atoms with E-state index in [-0.39, 0.29) is 12.2 Å². The minimum Gasteiger partial charge on any atom is -0.508 e. The number of aromatic nitrogens is 3. The molecule has 2 amide bonds. The summed E-state index contributed by atoms with van der Waals surface area (Å²) in [6.45, 7) is 4.30. The molecule has 3 aromatic heterocycles. The molecule has 0 saturated carbocycles. The average molecular weight is 552 g/mol. The summed E-state index contributed by atoms with van der Waals surface area (Å²) in [4.78, 5) is 31.0. The number of hydrogen-bond acceptors (Lipinski definition) is 6. The number of carbonyl (C=O) groups is 2. The molecule has 5 rings (SSSR count). The van der Waals surface area contributed by atoms with Crippen molar-refractivity contribution in [2.45, 2.75) is 32.2 Å². The first-order valence-electron chi connectivity index (χ1n) is 12.9. The summed E-state index contributed by atoms with van der Waals surface area (Å²) in [5.41, 5.74) is 10.8. The van der Waals surface area contributed by atoms with Crippen molar-refractivity contribution >= 4 is 23.2 Å². The minimum absolute atomic E-state index is 0.121. The molecule has 0 saturated heterocycles. The van der Waals surface area contributed by atoms with Gasteiger partial charge in [0.2, 0.25) is 5.91 Å². The zero-order chi connectivity index (χ0) is 28.2. The third kappa shape index (κ3) is 5.94. The number of carbonyl (C=O) groups excluding carboxylic acids is 2. The summed E-state index contributed by atoms with van der Waals surface area (Å²) >= 11 is 1.30. The summed E-state index contributed by atoms with van der Waals surface area (Å²) in [7, 11) is 0. The van der Waals surface area contributed by atoms with Crippen molar-refractivity contribution in [3.63, 3.8) is 0 Å². The molecule has 4 N–H and O–H groups in total. The molecule has 40 heavy (non-hydrogen) atoms. The molecule has 0 aliphatic heterocycles. The van der Waals surface area contributed by atoms with Crippen LogP contribution in [0.15, 0.2) is 91.1 Å². The Morgan fingerprint density at radius 3 is 2.38 bits per heavy atom. The quantitative estimate of drug-likeness (QED) is 0.229. The van der Waals surface area contributed by atoms with E-state index in [2.05, 4.69) is 36.3 Å². The van der Waals surface area contributed by atoms with Gasteiger partial charge in [-0.25, -0.2) is 4.68 Å². The fraction of sp³-hybridized carbons (Fsp3) is 0.161. The Morgan fingerprint density at radius 2 is 1.73 bits per heavy atom. The second-order valence-corrected chi connectivity index (χ2v) is 10.8. The maximum atomic E-state index is 13.2. The van der Waals surface area contributed by atoms with Crippen molar-refractivity contribution in [1.29, 1.82) is 0 Å². The first kappa shape index (κ1) is 26.8. The van der Waals surface area contributed by atoms with Gasteiger partial charge in [0, 0.05) is 12.6 Å². The molecule has 0 fully saturated rings. The molecule has 8 nitrogen and oxygen atoms in total. The van der Waals surface area contributed by atoms with Crippen molar-refractivity contribution in [3.8, 4) is 33.4 Å². The predicted octanol–water partition coefficient (Wildman–Crippen LogP) is 5.32. The van der Waals surface area contributed by atoms with E-state index in [1.807, 2.05) is 47.1 Å². The zero-order valence-electron chi connectivity index (χ0n) is 22.1. The molecular formula is C31H29N5O3S. The molecule has 9 heteroatoms. The summed E-state index contributed by atoms with van der Waals surface area (Å²) in [6, 6.07) is 25.0. The number of rotatable bonds is 9. The van der Waals surface area contributed by atoms with Crippen LogP contribution in [0, 0.1) is 0 Å². The highest BCUT2D eigenvalue weighted by molar-refractivity contribution is 7.17. The third-order valence-corrected chi connectivity index (χ3v) is 7.65. The molecule has 0 aliphatic carbocycles. The highest BCUT2D eigenvalue weighted by Crippen LogP contribution is 2.33. The maximum Gasteiger partial charge on any atom is 0.262 e. The van der Waals surface area contributed by atoms with Gasteiger partial charge in [0.05, 0.1) is 26.8 Å². The number of nitrogens with two attached hydrogens (primary N) is 1. The number of phenolic OH excluding ortho intramolecular Hbond substituents is 1. The molecule has 0 bridgehead atoms. The van der Waals surface area contributed by atoms with Crippen LogP contribution < -0.4 is 11.1 Å². The second-order valence-electron chi connectivity index (χ2n) is 9.75. The number of nitrogens with zero attached hydrogens (tertiary/aromatic N) is 3. The number of nitrogens with one attached hydrogen (secondary N) is 1. The van der Waals surface area contributed by atoms with Gasteiger partial charge in [-0.15, -0.1) is 11.3 Å². The zero-order valence-corrected chi connectivity index (χ0v) is 22.9. The molecule has 1 atom stereocenters. The van der Waals surface area contributed by atoms with Crippen LogP contribution in [0.1, 0.15) is 40.6 Å². The number of benzene rings is 2. The standard InChI is InChI=1S/C31H29N5O3S/c1-19(2)21-8-10-22(11-9-21)36-27(18-25(35-36)24-5-3-4-16-33-24)28-14-15-29(40-28)31(39)34-26(30(32)38)17-20-6-12-23(37)13-7-20/h3-16,18-19,26,37H,17H2,1-2H3,(H2,32,38)(H,34,39). The van der Waals surface area contributed by atoms with E-state index in [9.17, 15) is 14.7 Å². The fourth-order valence-electron chi connectivity index (χ4n) is 4.31. The van der Waals surface area contributed by atoms with E-state index in [0.29, 0.717) is 16.5 Å². The lowest BCUT2D eigenvalue weighted by Crippen LogP contribution is -2.45. The van der Waals surface area contributed by atoms with Crippen molar-refractivity contribution < 1.29 is 14.7 Å². The van der Waals surface area contributed by atoms with Gasteiger partial charge in [-0.1, -0.05) is 44.2 Å². The van der Waals surface area contributed by atoms with Crippen LogP contribution in [0.4, 0.5) is 0 Å². The van der Waals surface area contributed by atoms with Crippen LogP contribution in [-0.2, 0) is 11.2 Å². The van der Waals surface area contributed by atoms with E-state index in [4.69, 9.17) is 10.8 Å². The lowest BCUT2D eigenvalue weighted by molar-refractivity contribution is -0.119. The smallest absolute Gasteiger partial charge is 0.262 e. The second kappa shape index (κ2) is 11.5. The molecule has 0 aliphatic rings. The molecule has 0 radical (unpaired) electrons. The summed E-state index contributed by atoms with van der Waals surface area (Å²) < 4.78 is 1.86. The summed E-state index contributed by atoms with van der Waals surface area (Å²) in [5.74, 6) is -0.500. The van der Waals surface area contributed by atoms with Gasteiger partial charge >= 0.3 is 0 Å². The number of primary amides is 1. The highest BCUT2D eigenvalue weighted by atomic mass is 32.1. The number of hydrogen-bond donors (Lipinski definition) is 3. The normalized spacial score (nSPS) is 11.9. The highest BCUT2D eigenvalue weighted by Gasteiger charge is 2.22. The van der Waals surface area contributed by atoms with Gasteiger partial charge in [-0.05, 0) is 71.6 Å². The van der Waals surface area contributed by atoms with E-state index in [1.54, 1.807) is 24.4 Å². The van der Waals surface area contributed by atoms with Gasteiger partial charge in [-0.2, -0.15) is 5.10 Å². The Hall–Kier alpha value is -4.76. The number of pyridine rings is 1. The van der Waals surface area contributed by atoms with Crippen molar-refractivity contribution in [3.05, 3.63) is 107 Å². The average Bonchev–Trinajstić information content (AvgIpc) is 3.62. The molecule has 202 valence electrons. The van der Waals surface area contributed by atoms with Gasteiger partial charge in [-0.3, -0.25) is 14.6 Å². The Bertz CT molecular complexity index is 1620. The first-order valence-corrected chi connectivity index (χ1v) is 13.7. The molecule has 0 spiro atoms. The lowest BCUT2D eigenvalue weighted by atomic mass is 10.0. The topological polar surface area (TPSA) is 123 Å². The Balaban J connectivity index is 1.44. The molecule has 2 aromatic carbocycles. The van der Waals surface area contributed by atoms with Crippen LogP contribution >= 0.6 is 11.3 Å². The van der Waals surface area contributed by atoms with Gasteiger partial charge in [0.1, 0.15) is 17.5 Å². The Labute approximate surface area is 236 Å². The van der Waals surface area contributed by atoms with Crippen LogP contribution in [-0.4, -0.2) is 37.7 Å². The van der Waals surface area contributed by atoms with E-state index in [1.165, 1.54) is 29.0 Å². The predicted molar refractivity (Wildman–Crippen MR) is 156 cm³/mol. The van der Waals surface area contributed by atoms with E-state index < -0.39 is 17.9 Å². The van der Waals surface area contributed by atoms with Gasteiger partial charge < -0.3 is 16.2 Å². The SMILES string of the molecule is CC(C)c1ccc(-n2nc(-c3ccccn3)cc2-c2ccc(C(=O)NC(Cc3ccc(O)cc3)C(N)=O)s2)cc1. The summed E-state index contributed by atoms with van der Waals surface area (Å²) in [6.07, 6.45) is 1.94. The van der Waals surface area contributed by atoms with Gasteiger partial charge in [0.15, 0.2) is 0 Å². The lowest BCUT2D eigenvalue weighted by Gasteiger charge is -2.15. The number of amides is 2. The molecule has 3 heterocycles. The van der Waals surface area contributed by atoms with E-state index >= 15 is 0 Å². The molecule has 5 aromatic rings. The molecular weight excluding hydrogens is 522 g/mol. The fourth-order valence-corrected chi connectivity index (χ4v) is 5.22. The van der Waals surface area contributed by atoms with Crippen molar-refractivity contribution in [2.24, 2.45) is 5.73 Å². The van der Waals surface area contributed by atoms with Crippen molar-refractivity contribution in [2.75, 3.05) is 0 Å². The van der Waals surface area contributed by atoms with Crippen LogP contribution in [0.25, 0.3) is 27.6 Å². The first-order chi connectivity index (χ1) is 19.3. The Morgan fingerprint density at radius 1 is 0.975 bits per heavy atom. The summed E-state index contributed by atoms with van der Waals surface area (Å²) in [5, 5.41) is 17.1. The number of phenols is 1. The number of thiophene rings is 1. The van der Waals surface area contributed by atoms with E-state index in [0.717, 1.165) is 27.5 Å². The van der Waals surface area contributed by atoms with Crippen LogP contribution in [0.2, 0.25) is 0 Å². The van der Waals surface area contributed by atoms with Crippen molar-refractivity contribution in [1.82, 2.24) is 20.1 Å². The van der Waals surface area contributed by atoms with Crippen LogP contribution in [0.5, 0.6) is 5.75 Å². The largest absolute Gasteiger partial charge is 0.508 e. The van der Waals surface area contributed by atoms with Crippen LogP contribution in [0.3, 0.4) is 0 Å². The van der Waals surface area contributed by atoms with Gasteiger partial charge in [0.25, 0.3) is 5.91 Å². The maximum absolute atomic E-state index is 13.2. The Kier molecular flexibility index (Phi) is 7.75. The minimum atomic E-state index is -0.900. The molecule has 1 unspecified atom stereocenters. The third-order valence-electron chi connectivity index (χ3n) is 6.55. The monoisotopic (exact) mass is 551 g/mol. The number of aromatic hydroxyl groups is 1.